The van der Waals surface area contributed by atoms with Crippen molar-refractivity contribution in [2.24, 2.45) is 0 Å². The summed E-state index contributed by atoms with van der Waals surface area (Å²) in [6.45, 7) is 1.72. The third kappa shape index (κ3) is 2.24. The van der Waals surface area contributed by atoms with E-state index in [-0.39, 0.29) is 11.4 Å². The molecule has 2 aromatic rings. The van der Waals surface area contributed by atoms with Crippen LogP contribution in [0.4, 0.5) is 5.95 Å². The molecule has 0 amide bonds. The molecule has 0 bridgehead atoms. The third-order valence-corrected chi connectivity index (χ3v) is 3.35. The Morgan fingerprint density at radius 1 is 1.45 bits per heavy atom. The van der Waals surface area contributed by atoms with Crippen LogP contribution in [-0.2, 0) is 4.79 Å². The van der Waals surface area contributed by atoms with Gasteiger partial charge in [0.05, 0.1) is 7.11 Å². The van der Waals surface area contributed by atoms with Crippen molar-refractivity contribution >= 4 is 11.9 Å². The maximum absolute atomic E-state index is 11.3. The number of phenolic OH excluding ortho intramolecular Hbond substituents is 1. The van der Waals surface area contributed by atoms with Crippen LogP contribution in [0.3, 0.4) is 0 Å². The molecule has 0 fully saturated rings. The summed E-state index contributed by atoms with van der Waals surface area (Å²) in [5.74, 6) is 0.118. The van der Waals surface area contributed by atoms with E-state index < -0.39 is 12.0 Å². The van der Waals surface area contributed by atoms with Crippen LogP contribution in [0.15, 0.2) is 30.0 Å². The van der Waals surface area contributed by atoms with Crippen molar-refractivity contribution in [2.45, 2.75) is 13.0 Å². The number of nitrogens with one attached hydrogen (secondary N) is 1. The van der Waals surface area contributed by atoms with E-state index in [4.69, 9.17) is 4.74 Å². The average molecular weight is 302 g/mol. The molecule has 1 aliphatic rings. The standard InChI is InChI=1S/C14H14N4O4/c1-7-15-14-16-9(13(20)21)6-10(18(14)17-7)8-3-4-11(19)12(5-8)22-2/h3-6,10,19H,1-2H3,(H,20,21)(H,15,16,17)/t10-/m0/s1. The number of ether oxygens (including phenoxy) is 1. The number of anilines is 1. The van der Waals surface area contributed by atoms with E-state index >= 15 is 0 Å². The maximum atomic E-state index is 11.3. The van der Waals surface area contributed by atoms with Gasteiger partial charge in [0.1, 0.15) is 17.6 Å². The van der Waals surface area contributed by atoms with Crippen LogP contribution >= 0.6 is 0 Å². The number of nitrogens with zero attached hydrogens (tertiary/aromatic N) is 3. The largest absolute Gasteiger partial charge is 0.504 e. The number of allylic oxidation sites excluding steroid dienone is 1. The molecular formula is C14H14N4O4. The summed E-state index contributed by atoms with van der Waals surface area (Å²) >= 11 is 0. The van der Waals surface area contributed by atoms with Gasteiger partial charge in [0.15, 0.2) is 11.5 Å². The van der Waals surface area contributed by atoms with Crippen LogP contribution in [0, 0.1) is 6.92 Å². The second kappa shape index (κ2) is 5.06. The summed E-state index contributed by atoms with van der Waals surface area (Å²) < 4.78 is 6.69. The predicted octanol–water partition coefficient (Wildman–Crippen LogP) is 1.28. The predicted molar refractivity (Wildman–Crippen MR) is 76.9 cm³/mol. The van der Waals surface area contributed by atoms with Crippen LogP contribution < -0.4 is 10.1 Å². The molecule has 0 unspecified atom stereocenters. The van der Waals surface area contributed by atoms with Crippen molar-refractivity contribution in [3.8, 4) is 11.5 Å². The lowest BCUT2D eigenvalue weighted by atomic mass is 10.0. The number of aliphatic carboxylic acids is 1. The number of carboxylic acids is 1. The molecule has 0 saturated carbocycles. The number of carboxylic acid groups (broad SMARTS) is 1. The zero-order valence-corrected chi connectivity index (χ0v) is 11.9. The van der Waals surface area contributed by atoms with E-state index in [2.05, 4.69) is 15.4 Å². The summed E-state index contributed by atoms with van der Waals surface area (Å²) in [7, 11) is 1.45. The van der Waals surface area contributed by atoms with Crippen LogP contribution in [0.25, 0.3) is 0 Å². The van der Waals surface area contributed by atoms with Gasteiger partial charge in [0.25, 0.3) is 0 Å². The van der Waals surface area contributed by atoms with Crippen molar-refractivity contribution in [1.82, 2.24) is 14.8 Å². The summed E-state index contributed by atoms with van der Waals surface area (Å²) in [4.78, 5) is 15.4. The zero-order chi connectivity index (χ0) is 15.9. The lowest BCUT2D eigenvalue weighted by molar-refractivity contribution is -0.132. The molecule has 0 radical (unpaired) electrons. The molecule has 1 aromatic heterocycles. The van der Waals surface area contributed by atoms with Crippen molar-refractivity contribution in [3.05, 3.63) is 41.4 Å². The molecule has 22 heavy (non-hydrogen) atoms. The number of aryl methyl sites for hydroxylation is 1. The van der Waals surface area contributed by atoms with Gasteiger partial charge in [-0.2, -0.15) is 10.1 Å². The summed E-state index contributed by atoms with van der Waals surface area (Å²) in [6.07, 6.45) is 1.54. The normalized spacial score (nSPS) is 16.5. The molecule has 2 heterocycles. The van der Waals surface area contributed by atoms with E-state index in [1.54, 1.807) is 23.7 Å². The second-order valence-electron chi connectivity index (χ2n) is 4.81. The van der Waals surface area contributed by atoms with Crippen molar-refractivity contribution in [3.63, 3.8) is 0 Å². The minimum Gasteiger partial charge on any atom is -0.504 e. The quantitative estimate of drug-likeness (QED) is 0.783. The number of phenols is 1. The Morgan fingerprint density at radius 2 is 2.23 bits per heavy atom. The number of hydrogen-bond acceptors (Lipinski definition) is 6. The van der Waals surface area contributed by atoms with Crippen molar-refractivity contribution in [1.29, 1.82) is 0 Å². The van der Waals surface area contributed by atoms with E-state index in [0.717, 1.165) is 5.56 Å². The lowest BCUT2D eigenvalue weighted by Gasteiger charge is -2.22. The van der Waals surface area contributed by atoms with Crippen LogP contribution in [0.1, 0.15) is 17.4 Å². The van der Waals surface area contributed by atoms with Crippen molar-refractivity contribution in [2.75, 3.05) is 12.4 Å². The number of aromatic nitrogens is 3. The smallest absolute Gasteiger partial charge is 0.352 e. The molecule has 0 saturated heterocycles. The first-order chi connectivity index (χ1) is 10.5. The second-order valence-corrected chi connectivity index (χ2v) is 4.81. The van der Waals surface area contributed by atoms with Gasteiger partial charge in [-0.3, -0.25) is 0 Å². The van der Waals surface area contributed by atoms with E-state index in [0.29, 0.717) is 17.5 Å². The molecule has 3 N–H and O–H groups in total. The molecule has 1 atom stereocenters. The van der Waals surface area contributed by atoms with Crippen molar-refractivity contribution < 1.29 is 19.7 Å². The minimum atomic E-state index is -1.08. The molecule has 8 heteroatoms. The fourth-order valence-corrected chi connectivity index (χ4v) is 2.34. The Labute approximate surface area is 125 Å². The van der Waals surface area contributed by atoms with Gasteiger partial charge in [-0.25, -0.2) is 9.48 Å². The van der Waals surface area contributed by atoms with E-state index in [9.17, 15) is 15.0 Å². The molecule has 8 nitrogen and oxygen atoms in total. The number of aromatic hydroxyl groups is 1. The molecule has 114 valence electrons. The Bertz CT molecular complexity index is 781. The average Bonchev–Trinajstić information content (AvgIpc) is 2.86. The van der Waals surface area contributed by atoms with Gasteiger partial charge in [-0.05, 0) is 30.7 Å². The van der Waals surface area contributed by atoms with Crippen LogP contribution in [0.2, 0.25) is 0 Å². The maximum Gasteiger partial charge on any atom is 0.352 e. The van der Waals surface area contributed by atoms with Crippen LogP contribution in [0.5, 0.6) is 11.5 Å². The number of fused-ring (bicyclic) bond motifs is 1. The lowest BCUT2D eigenvalue weighted by Crippen LogP contribution is -2.24. The van der Waals surface area contributed by atoms with Crippen LogP contribution in [-0.4, -0.2) is 38.1 Å². The number of rotatable bonds is 3. The third-order valence-electron chi connectivity index (χ3n) is 3.35. The van der Waals surface area contributed by atoms with Gasteiger partial charge in [0, 0.05) is 0 Å². The first kappa shape index (κ1) is 13.9. The number of hydrogen-bond donors (Lipinski definition) is 3. The van der Waals surface area contributed by atoms with Gasteiger partial charge in [0.2, 0.25) is 5.95 Å². The summed E-state index contributed by atoms with van der Waals surface area (Å²) in [6, 6.07) is 4.36. The minimum absolute atomic E-state index is 0.0117. The zero-order valence-electron chi connectivity index (χ0n) is 11.9. The molecule has 3 rings (SSSR count). The Kier molecular flexibility index (Phi) is 3.21. The molecule has 1 aromatic carbocycles. The Morgan fingerprint density at radius 3 is 2.91 bits per heavy atom. The van der Waals surface area contributed by atoms with Gasteiger partial charge in [-0.1, -0.05) is 6.07 Å². The highest BCUT2D eigenvalue weighted by Crippen LogP contribution is 2.34. The molecular weight excluding hydrogens is 288 g/mol. The molecule has 1 aliphatic heterocycles. The van der Waals surface area contributed by atoms with Gasteiger partial charge >= 0.3 is 5.97 Å². The fourth-order valence-electron chi connectivity index (χ4n) is 2.34. The van der Waals surface area contributed by atoms with E-state index in [1.165, 1.54) is 19.3 Å². The first-order valence-corrected chi connectivity index (χ1v) is 6.52. The summed E-state index contributed by atoms with van der Waals surface area (Å²) in [5, 5.41) is 25.9. The highest BCUT2D eigenvalue weighted by atomic mass is 16.5. The number of benzene rings is 1. The Balaban J connectivity index is 2.13. The monoisotopic (exact) mass is 302 g/mol. The first-order valence-electron chi connectivity index (χ1n) is 6.52. The topological polar surface area (TPSA) is 110 Å². The van der Waals surface area contributed by atoms with E-state index in [1.807, 2.05) is 0 Å². The number of carbonyl (C=O) groups is 1. The highest BCUT2D eigenvalue weighted by molar-refractivity contribution is 5.90. The summed E-state index contributed by atoms with van der Waals surface area (Å²) in [5.41, 5.74) is 0.748. The van der Waals surface area contributed by atoms with Gasteiger partial charge in [-0.15, -0.1) is 0 Å². The Hall–Kier alpha value is -3.03. The number of methoxy groups -OCH3 is 1. The van der Waals surface area contributed by atoms with Gasteiger partial charge < -0.3 is 20.3 Å². The molecule has 0 aliphatic carbocycles. The fraction of sp³-hybridized carbons (Fsp3) is 0.214. The highest BCUT2D eigenvalue weighted by Gasteiger charge is 2.27. The SMILES string of the molecule is COc1cc([C@@H]2C=C(C(=O)O)Nc3nc(C)nn32)ccc1O. The molecule has 0 spiro atoms.